The summed E-state index contributed by atoms with van der Waals surface area (Å²) < 4.78 is 19.0. The van der Waals surface area contributed by atoms with E-state index >= 15 is 0 Å². The highest BCUT2D eigenvalue weighted by Crippen LogP contribution is 2.30. The van der Waals surface area contributed by atoms with Crippen LogP contribution in [0, 0.1) is 5.82 Å². The number of carbonyl (C=O) groups is 1. The Morgan fingerprint density at radius 1 is 1.40 bits per heavy atom. The van der Waals surface area contributed by atoms with Crippen molar-refractivity contribution in [1.82, 2.24) is 4.98 Å². The first kappa shape index (κ1) is 14.5. The summed E-state index contributed by atoms with van der Waals surface area (Å²) in [5.41, 5.74) is -0.342. The number of nitrogens with one attached hydrogen (secondary N) is 1. The summed E-state index contributed by atoms with van der Waals surface area (Å²) in [6.45, 7) is 5.24. The van der Waals surface area contributed by atoms with Crippen molar-refractivity contribution < 1.29 is 13.9 Å². The van der Waals surface area contributed by atoms with Gasteiger partial charge < -0.3 is 4.74 Å². The number of amides is 1. The van der Waals surface area contributed by atoms with Crippen molar-refractivity contribution in [2.45, 2.75) is 26.4 Å². The number of hydrogen-bond acceptors (Lipinski definition) is 3. The van der Waals surface area contributed by atoms with E-state index in [9.17, 15) is 9.18 Å². The van der Waals surface area contributed by atoms with Crippen molar-refractivity contribution in [2.75, 3.05) is 5.32 Å². The smallest absolute Gasteiger partial charge is 0.412 e. The minimum atomic E-state index is -0.655. The molecule has 2 aromatic rings. The van der Waals surface area contributed by atoms with E-state index in [0.717, 1.165) is 6.20 Å². The van der Waals surface area contributed by atoms with Gasteiger partial charge in [0.15, 0.2) is 5.82 Å². The van der Waals surface area contributed by atoms with Crippen LogP contribution in [0.3, 0.4) is 0 Å². The molecule has 0 aliphatic carbocycles. The summed E-state index contributed by atoms with van der Waals surface area (Å²) in [5, 5.41) is 3.33. The molecule has 0 aliphatic heterocycles. The van der Waals surface area contributed by atoms with E-state index in [1.807, 2.05) is 0 Å². The van der Waals surface area contributed by atoms with Crippen LogP contribution in [0.5, 0.6) is 0 Å². The van der Waals surface area contributed by atoms with Crippen molar-refractivity contribution in [3.05, 3.63) is 35.4 Å². The molecule has 1 N–H and O–H groups in total. The number of nitrogens with zero attached hydrogens (tertiary/aromatic N) is 1. The molecular weight excluding hydrogens is 283 g/mol. The first-order valence-electron chi connectivity index (χ1n) is 6.00. The van der Waals surface area contributed by atoms with E-state index in [2.05, 4.69) is 10.3 Å². The second kappa shape index (κ2) is 5.25. The summed E-state index contributed by atoms with van der Waals surface area (Å²) in [7, 11) is 0. The quantitative estimate of drug-likeness (QED) is 0.795. The standard InChI is InChI=1S/C14H14ClFN2O2/c1-14(2,3)20-13(19)18-10-6-4-5-8-11(10)9(16)7-17-12(8)15/h4-7H,1-3H3,(H,18,19). The zero-order valence-electron chi connectivity index (χ0n) is 11.3. The van der Waals surface area contributed by atoms with Crippen LogP contribution in [-0.2, 0) is 4.74 Å². The van der Waals surface area contributed by atoms with Gasteiger partial charge in [0, 0.05) is 10.8 Å². The van der Waals surface area contributed by atoms with Crippen LogP contribution in [0.1, 0.15) is 20.8 Å². The molecule has 0 bridgehead atoms. The van der Waals surface area contributed by atoms with Gasteiger partial charge >= 0.3 is 6.09 Å². The molecule has 0 saturated carbocycles. The third-order valence-corrected chi connectivity index (χ3v) is 2.75. The molecule has 1 aromatic carbocycles. The van der Waals surface area contributed by atoms with Crippen molar-refractivity contribution >= 4 is 34.2 Å². The van der Waals surface area contributed by atoms with Crippen LogP contribution in [0.4, 0.5) is 14.9 Å². The zero-order valence-corrected chi connectivity index (χ0v) is 12.1. The fraction of sp³-hybridized carbons (Fsp3) is 0.286. The van der Waals surface area contributed by atoms with Gasteiger partial charge in [0.1, 0.15) is 10.8 Å². The number of pyridine rings is 1. The number of fused-ring (bicyclic) bond motifs is 1. The maximum atomic E-state index is 13.9. The molecule has 0 fully saturated rings. The average molecular weight is 297 g/mol. The Kier molecular flexibility index (Phi) is 3.81. The van der Waals surface area contributed by atoms with Crippen molar-refractivity contribution in [3.63, 3.8) is 0 Å². The van der Waals surface area contributed by atoms with Gasteiger partial charge in [-0.15, -0.1) is 0 Å². The van der Waals surface area contributed by atoms with Crippen molar-refractivity contribution in [2.24, 2.45) is 0 Å². The first-order chi connectivity index (χ1) is 9.28. The van der Waals surface area contributed by atoms with Gasteiger partial charge in [0.05, 0.1) is 11.9 Å². The third-order valence-electron chi connectivity index (χ3n) is 2.45. The largest absolute Gasteiger partial charge is 0.444 e. The molecule has 2 rings (SSSR count). The zero-order chi connectivity index (χ0) is 14.9. The van der Waals surface area contributed by atoms with Gasteiger partial charge in [-0.2, -0.15) is 0 Å². The topological polar surface area (TPSA) is 51.2 Å². The molecule has 0 unspecified atom stereocenters. The maximum Gasteiger partial charge on any atom is 0.412 e. The number of carbonyl (C=O) groups excluding carboxylic acids is 1. The summed E-state index contributed by atoms with van der Waals surface area (Å²) in [6.07, 6.45) is 0.364. The van der Waals surface area contributed by atoms with Gasteiger partial charge in [-0.05, 0) is 26.8 Å². The maximum absolute atomic E-state index is 13.9. The van der Waals surface area contributed by atoms with E-state index in [1.165, 1.54) is 0 Å². The average Bonchev–Trinajstić information content (AvgIpc) is 2.31. The van der Waals surface area contributed by atoms with Crippen LogP contribution in [0.25, 0.3) is 10.8 Å². The first-order valence-corrected chi connectivity index (χ1v) is 6.38. The van der Waals surface area contributed by atoms with Crippen LogP contribution in [0.2, 0.25) is 5.15 Å². The summed E-state index contributed by atoms with van der Waals surface area (Å²) in [6, 6.07) is 4.86. The number of halogens is 2. The highest BCUT2D eigenvalue weighted by molar-refractivity contribution is 6.34. The number of rotatable bonds is 1. The lowest BCUT2D eigenvalue weighted by Gasteiger charge is -2.20. The molecule has 1 aromatic heterocycles. The molecule has 1 amide bonds. The second-order valence-electron chi connectivity index (χ2n) is 5.25. The highest BCUT2D eigenvalue weighted by atomic mass is 35.5. The number of aromatic nitrogens is 1. The van der Waals surface area contributed by atoms with Crippen molar-refractivity contribution in [1.29, 1.82) is 0 Å². The number of ether oxygens (including phenoxy) is 1. The van der Waals surface area contributed by atoms with Gasteiger partial charge in [-0.1, -0.05) is 23.7 Å². The van der Waals surface area contributed by atoms with Crippen LogP contribution < -0.4 is 5.32 Å². The molecule has 0 aliphatic rings. The van der Waals surface area contributed by atoms with E-state index in [4.69, 9.17) is 16.3 Å². The summed E-state index contributed by atoms with van der Waals surface area (Å²) in [4.78, 5) is 15.5. The monoisotopic (exact) mass is 296 g/mol. The molecule has 0 radical (unpaired) electrons. The number of benzene rings is 1. The summed E-state index contributed by atoms with van der Waals surface area (Å²) in [5.74, 6) is -0.559. The van der Waals surface area contributed by atoms with Gasteiger partial charge in [-0.3, -0.25) is 5.32 Å². The normalized spacial score (nSPS) is 11.4. The van der Waals surface area contributed by atoms with Crippen LogP contribution >= 0.6 is 11.6 Å². The Balaban J connectivity index is 2.41. The molecule has 6 heteroatoms. The minimum Gasteiger partial charge on any atom is -0.444 e. The Bertz CT molecular complexity index is 668. The fourth-order valence-corrected chi connectivity index (χ4v) is 1.95. The predicted molar refractivity (Wildman–Crippen MR) is 76.6 cm³/mol. The SMILES string of the molecule is CC(C)(C)OC(=O)Nc1cccc2c(Cl)ncc(F)c12. The molecule has 106 valence electrons. The summed E-state index contributed by atoms with van der Waals surface area (Å²) >= 11 is 5.92. The Morgan fingerprint density at radius 2 is 2.10 bits per heavy atom. The molecule has 0 spiro atoms. The molecule has 0 saturated heterocycles. The molecule has 0 atom stereocenters. The van der Waals surface area contributed by atoms with E-state index in [0.29, 0.717) is 11.1 Å². The van der Waals surface area contributed by atoms with E-state index in [-0.39, 0.29) is 10.5 Å². The van der Waals surface area contributed by atoms with Crippen molar-refractivity contribution in [3.8, 4) is 0 Å². The third kappa shape index (κ3) is 3.17. The van der Waals surface area contributed by atoms with E-state index in [1.54, 1.807) is 39.0 Å². The molecule has 20 heavy (non-hydrogen) atoms. The second-order valence-corrected chi connectivity index (χ2v) is 5.61. The lowest BCUT2D eigenvalue weighted by Crippen LogP contribution is -2.27. The van der Waals surface area contributed by atoms with Gasteiger partial charge in [0.25, 0.3) is 0 Å². The number of hydrogen-bond donors (Lipinski definition) is 1. The van der Waals surface area contributed by atoms with Crippen LogP contribution in [0.15, 0.2) is 24.4 Å². The number of anilines is 1. The Hall–Kier alpha value is -1.88. The van der Waals surface area contributed by atoms with Gasteiger partial charge in [0.2, 0.25) is 0 Å². The Labute approximate surface area is 120 Å². The molecular formula is C14H14ClFN2O2. The highest BCUT2D eigenvalue weighted by Gasteiger charge is 2.18. The van der Waals surface area contributed by atoms with E-state index < -0.39 is 17.5 Å². The Morgan fingerprint density at radius 3 is 2.75 bits per heavy atom. The molecule has 1 heterocycles. The lowest BCUT2D eigenvalue weighted by atomic mass is 10.1. The van der Waals surface area contributed by atoms with Gasteiger partial charge in [-0.25, -0.2) is 14.2 Å². The fourth-order valence-electron chi connectivity index (χ4n) is 1.75. The minimum absolute atomic E-state index is 0.175. The van der Waals surface area contributed by atoms with Crippen LogP contribution in [-0.4, -0.2) is 16.7 Å². The lowest BCUT2D eigenvalue weighted by molar-refractivity contribution is 0.0636. The predicted octanol–water partition coefficient (Wildman–Crippen LogP) is 4.37. The molecule has 4 nitrogen and oxygen atoms in total.